The summed E-state index contributed by atoms with van der Waals surface area (Å²) in [5, 5.41) is 7.21. The van der Waals surface area contributed by atoms with Crippen LogP contribution in [-0.2, 0) is 17.9 Å². The summed E-state index contributed by atoms with van der Waals surface area (Å²) in [5.41, 5.74) is 5.62. The summed E-state index contributed by atoms with van der Waals surface area (Å²) in [6.07, 6.45) is 3.74. The van der Waals surface area contributed by atoms with Gasteiger partial charge < -0.3 is 10.1 Å². The van der Waals surface area contributed by atoms with Crippen molar-refractivity contribution in [3.8, 4) is 16.9 Å². The zero-order chi connectivity index (χ0) is 21.5. The molecule has 0 aliphatic rings. The monoisotopic (exact) mass is 411 g/mol. The van der Waals surface area contributed by atoms with Crippen LogP contribution >= 0.6 is 0 Å². The Morgan fingerprint density at radius 3 is 2.48 bits per heavy atom. The first kappa shape index (κ1) is 20.4. The highest BCUT2D eigenvalue weighted by Gasteiger charge is 2.08. The van der Waals surface area contributed by atoms with Crippen molar-refractivity contribution in [1.29, 1.82) is 0 Å². The number of aryl methyl sites for hydroxylation is 1. The molecule has 1 heterocycles. The molecule has 4 rings (SSSR count). The maximum absolute atomic E-state index is 12.3. The standard InChI is InChI=1S/C26H25N3O2/c1-20-7-13-24(14-8-20)31-19-26(30)27-17-23-5-2-3-6-25(23)22-11-9-21(10-12-22)18-29-16-4-15-28-29/h2-16H,17-19H2,1H3,(H,27,30). The van der Waals surface area contributed by atoms with Crippen molar-refractivity contribution in [3.05, 3.63) is 108 Å². The van der Waals surface area contributed by atoms with Crippen LogP contribution in [0.1, 0.15) is 16.7 Å². The van der Waals surface area contributed by atoms with E-state index in [4.69, 9.17) is 4.74 Å². The Morgan fingerprint density at radius 1 is 0.968 bits per heavy atom. The van der Waals surface area contributed by atoms with E-state index < -0.39 is 0 Å². The van der Waals surface area contributed by atoms with Gasteiger partial charge in [0.25, 0.3) is 5.91 Å². The molecule has 0 saturated carbocycles. The zero-order valence-corrected chi connectivity index (χ0v) is 17.5. The number of nitrogens with zero attached hydrogens (tertiary/aromatic N) is 2. The van der Waals surface area contributed by atoms with Crippen LogP contribution < -0.4 is 10.1 Å². The van der Waals surface area contributed by atoms with Gasteiger partial charge in [-0.3, -0.25) is 9.48 Å². The van der Waals surface area contributed by atoms with Crippen molar-refractivity contribution < 1.29 is 9.53 Å². The number of benzene rings is 3. The number of rotatable bonds is 8. The first-order chi connectivity index (χ1) is 15.2. The normalized spacial score (nSPS) is 10.6. The summed E-state index contributed by atoms with van der Waals surface area (Å²) >= 11 is 0. The molecule has 1 aromatic heterocycles. The molecule has 0 fully saturated rings. The van der Waals surface area contributed by atoms with E-state index in [0.717, 1.165) is 28.8 Å². The van der Waals surface area contributed by atoms with Crippen LogP contribution in [0.15, 0.2) is 91.3 Å². The third-order valence-electron chi connectivity index (χ3n) is 5.05. The van der Waals surface area contributed by atoms with Gasteiger partial charge in [-0.15, -0.1) is 0 Å². The Labute approximate surface area is 182 Å². The molecule has 0 unspecified atom stereocenters. The number of hydrogen-bond donors (Lipinski definition) is 1. The van der Waals surface area contributed by atoms with E-state index in [2.05, 4.69) is 40.7 Å². The molecule has 5 nitrogen and oxygen atoms in total. The molecule has 0 atom stereocenters. The fraction of sp³-hybridized carbons (Fsp3) is 0.154. The molecule has 0 spiro atoms. The van der Waals surface area contributed by atoms with Crippen molar-refractivity contribution in [2.75, 3.05) is 6.61 Å². The second-order valence-corrected chi connectivity index (χ2v) is 7.44. The van der Waals surface area contributed by atoms with E-state index in [1.165, 1.54) is 5.56 Å². The molecule has 1 N–H and O–H groups in total. The van der Waals surface area contributed by atoms with Crippen molar-refractivity contribution in [2.45, 2.75) is 20.0 Å². The van der Waals surface area contributed by atoms with Gasteiger partial charge >= 0.3 is 0 Å². The fourth-order valence-electron chi connectivity index (χ4n) is 3.36. The lowest BCUT2D eigenvalue weighted by atomic mass is 9.98. The van der Waals surface area contributed by atoms with Crippen LogP contribution in [0.3, 0.4) is 0 Å². The Morgan fingerprint density at radius 2 is 1.74 bits per heavy atom. The average Bonchev–Trinajstić information content (AvgIpc) is 3.31. The maximum Gasteiger partial charge on any atom is 0.258 e. The summed E-state index contributed by atoms with van der Waals surface area (Å²) in [7, 11) is 0. The van der Waals surface area contributed by atoms with Crippen molar-refractivity contribution in [3.63, 3.8) is 0 Å². The molecule has 0 aliphatic heterocycles. The summed E-state index contributed by atoms with van der Waals surface area (Å²) in [6, 6.07) is 26.1. The summed E-state index contributed by atoms with van der Waals surface area (Å²) < 4.78 is 7.46. The number of ether oxygens (including phenoxy) is 1. The number of nitrogens with one attached hydrogen (secondary N) is 1. The Kier molecular flexibility index (Phi) is 6.43. The minimum atomic E-state index is -0.148. The number of amides is 1. The fourth-order valence-corrected chi connectivity index (χ4v) is 3.36. The van der Waals surface area contributed by atoms with Gasteiger partial charge in [-0.05, 0) is 47.4 Å². The third kappa shape index (κ3) is 5.60. The molecular formula is C26H25N3O2. The summed E-state index contributed by atoms with van der Waals surface area (Å²) in [5.74, 6) is 0.543. The number of carbonyl (C=O) groups excluding carboxylic acids is 1. The van der Waals surface area contributed by atoms with Crippen molar-refractivity contribution in [1.82, 2.24) is 15.1 Å². The molecule has 31 heavy (non-hydrogen) atoms. The van der Waals surface area contributed by atoms with E-state index in [1.807, 2.05) is 66.3 Å². The van der Waals surface area contributed by atoms with Crippen LogP contribution in [0, 0.1) is 6.92 Å². The minimum Gasteiger partial charge on any atom is -0.484 e. The molecule has 3 aromatic carbocycles. The predicted molar refractivity (Wildman–Crippen MR) is 122 cm³/mol. The van der Waals surface area contributed by atoms with E-state index in [-0.39, 0.29) is 12.5 Å². The highest BCUT2D eigenvalue weighted by atomic mass is 16.5. The molecule has 0 radical (unpaired) electrons. The second-order valence-electron chi connectivity index (χ2n) is 7.44. The predicted octanol–water partition coefficient (Wildman–Crippen LogP) is 4.60. The maximum atomic E-state index is 12.3. The molecule has 5 heteroatoms. The van der Waals surface area contributed by atoms with E-state index in [9.17, 15) is 4.79 Å². The van der Waals surface area contributed by atoms with Gasteiger partial charge in [0.05, 0.1) is 6.54 Å². The van der Waals surface area contributed by atoms with Gasteiger partial charge in [-0.2, -0.15) is 5.10 Å². The van der Waals surface area contributed by atoms with E-state index in [1.54, 1.807) is 6.20 Å². The highest BCUT2D eigenvalue weighted by Crippen LogP contribution is 2.24. The zero-order valence-electron chi connectivity index (χ0n) is 17.5. The quantitative estimate of drug-likeness (QED) is 0.461. The van der Waals surface area contributed by atoms with Gasteiger partial charge in [-0.25, -0.2) is 0 Å². The minimum absolute atomic E-state index is 0.00659. The topological polar surface area (TPSA) is 56.1 Å². The van der Waals surface area contributed by atoms with Gasteiger partial charge in [-0.1, -0.05) is 66.2 Å². The largest absolute Gasteiger partial charge is 0.484 e. The van der Waals surface area contributed by atoms with Crippen LogP contribution in [-0.4, -0.2) is 22.3 Å². The van der Waals surface area contributed by atoms with Crippen LogP contribution in [0.4, 0.5) is 0 Å². The third-order valence-corrected chi connectivity index (χ3v) is 5.05. The molecule has 1 amide bonds. The average molecular weight is 412 g/mol. The molecule has 0 bridgehead atoms. The first-order valence-electron chi connectivity index (χ1n) is 10.3. The lowest BCUT2D eigenvalue weighted by molar-refractivity contribution is -0.123. The van der Waals surface area contributed by atoms with Crippen LogP contribution in [0.25, 0.3) is 11.1 Å². The lowest BCUT2D eigenvalue weighted by Crippen LogP contribution is -2.28. The van der Waals surface area contributed by atoms with Crippen LogP contribution in [0.2, 0.25) is 0 Å². The van der Waals surface area contributed by atoms with Gasteiger partial charge in [0, 0.05) is 18.9 Å². The van der Waals surface area contributed by atoms with E-state index in [0.29, 0.717) is 12.3 Å². The SMILES string of the molecule is Cc1ccc(OCC(=O)NCc2ccccc2-c2ccc(Cn3cccn3)cc2)cc1. The van der Waals surface area contributed by atoms with Crippen LogP contribution in [0.5, 0.6) is 5.75 Å². The molecule has 156 valence electrons. The Balaban J connectivity index is 1.36. The van der Waals surface area contributed by atoms with Gasteiger partial charge in [0.2, 0.25) is 0 Å². The Bertz CT molecular complexity index is 1120. The van der Waals surface area contributed by atoms with Crippen molar-refractivity contribution >= 4 is 5.91 Å². The lowest BCUT2D eigenvalue weighted by Gasteiger charge is -2.12. The van der Waals surface area contributed by atoms with Gasteiger partial charge in [0.1, 0.15) is 5.75 Å². The number of aromatic nitrogens is 2. The first-order valence-corrected chi connectivity index (χ1v) is 10.3. The molecule has 0 saturated heterocycles. The molecule has 4 aromatic rings. The highest BCUT2D eigenvalue weighted by molar-refractivity contribution is 5.78. The van der Waals surface area contributed by atoms with E-state index >= 15 is 0 Å². The molecular weight excluding hydrogens is 386 g/mol. The Hall–Kier alpha value is -3.86. The smallest absolute Gasteiger partial charge is 0.258 e. The second kappa shape index (κ2) is 9.76. The number of carbonyl (C=O) groups is 1. The van der Waals surface area contributed by atoms with Gasteiger partial charge in [0.15, 0.2) is 6.61 Å². The summed E-state index contributed by atoms with van der Waals surface area (Å²) in [6.45, 7) is 3.20. The number of hydrogen-bond acceptors (Lipinski definition) is 3. The summed E-state index contributed by atoms with van der Waals surface area (Å²) in [4.78, 5) is 12.3. The molecule has 0 aliphatic carbocycles. The van der Waals surface area contributed by atoms with Crippen molar-refractivity contribution in [2.24, 2.45) is 0 Å².